The van der Waals surface area contributed by atoms with Gasteiger partial charge in [-0.2, -0.15) is 0 Å². The fraction of sp³-hybridized carbons (Fsp3) is 0.543. The Labute approximate surface area is 263 Å². The van der Waals surface area contributed by atoms with Crippen LogP contribution in [0, 0.1) is 12.3 Å². The Balaban J connectivity index is 1.74. The van der Waals surface area contributed by atoms with Crippen molar-refractivity contribution in [3.63, 3.8) is 0 Å². The highest BCUT2D eigenvalue weighted by molar-refractivity contribution is 6.34. The van der Waals surface area contributed by atoms with E-state index >= 15 is 0 Å². The van der Waals surface area contributed by atoms with E-state index in [1.54, 1.807) is 18.2 Å². The Morgan fingerprint density at radius 2 is 1.42 bits per heavy atom. The van der Waals surface area contributed by atoms with Gasteiger partial charge in [0.05, 0.1) is 22.9 Å². The molecule has 0 fully saturated rings. The van der Waals surface area contributed by atoms with Crippen LogP contribution in [0.15, 0.2) is 36.4 Å². The second-order valence-electron chi connectivity index (χ2n) is 11.3. The van der Waals surface area contributed by atoms with Gasteiger partial charge in [-0.25, -0.2) is 4.79 Å². The summed E-state index contributed by atoms with van der Waals surface area (Å²) in [6.07, 6.45) is 18.8. The van der Waals surface area contributed by atoms with E-state index in [1.807, 2.05) is 13.0 Å². The molecule has 2 aromatic rings. The summed E-state index contributed by atoms with van der Waals surface area (Å²) in [5, 5.41) is 13.5. The predicted molar refractivity (Wildman–Crippen MR) is 178 cm³/mol. The molecule has 8 heteroatoms. The monoisotopic (exact) mass is 611 g/mol. The number of rotatable bonds is 22. The zero-order valence-electron chi connectivity index (χ0n) is 26.2. The molecule has 0 aromatic heterocycles. The van der Waals surface area contributed by atoms with Gasteiger partial charge in [0, 0.05) is 17.5 Å². The number of amides is 1. The largest absolute Gasteiger partial charge is 0.462 e. The van der Waals surface area contributed by atoms with E-state index in [9.17, 15) is 14.4 Å². The zero-order chi connectivity index (χ0) is 31.5. The lowest BCUT2D eigenvalue weighted by molar-refractivity contribution is -0.125. The van der Waals surface area contributed by atoms with Crippen molar-refractivity contribution in [3.8, 4) is 0 Å². The smallest absolute Gasteiger partial charge is 0.338 e. The Bertz CT molecular complexity index is 1180. The molecule has 0 saturated carbocycles. The first-order valence-electron chi connectivity index (χ1n) is 15.9. The third-order valence-corrected chi connectivity index (χ3v) is 7.85. The summed E-state index contributed by atoms with van der Waals surface area (Å²) in [6.45, 7) is 5.79. The average molecular weight is 612 g/mol. The van der Waals surface area contributed by atoms with E-state index in [4.69, 9.17) is 21.7 Å². The van der Waals surface area contributed by atoms with Gasteiger partial charge in [-0.05, 0) is 50.6 Å². The minimum atomic E-state index is -1.21. The molecule has 0 bridgehead atoms. The molecule has 2 rings (SSSR count). The fourth-order valence-corrected chi connectivity index (χ4v) is 5.10. The van der Waals surface area contributed by atoms with Gasteiger partial charge in [0.2, 0.25) is 0 Å². The van der Waals surface area contributed by atoms with Gasteiger partial charge in [-0.3, -0.25) is 9.59 Å². The van der Waals surface area contributed by atoms with Gasteiger partial charge in [-0.15, -0.1) is 0 Å². The SMILES string of the molecule is CCCCCCCCCCCCCCCCOC(=O)c1ccc(Cl)c(NC(=O)C(Nc2ccc(C)cc2C=N)C(C)=O)c1. The number of carbonyl (C=O) groups excluding carboxylic acids is 3. The maximum absolute atomic E-state index is 13.1. The molecule has 0 aliphatic carbocycles. The second-order valence-corrected chi connectivity index (χ2v) is 11.7. The molecule has 1 atom stereocenters. The van der Waals surface area contributed by atoms with Crippen molar-refractivity contribution >= 4 is 46.9 Å². The predicted octanol–water partition coefficient (Wildman–Crippen LogP) is 9.29. The van der Waals surface area contributed by atoms with Crippen LogP contribution in [0.5, 0.6) is 0 Å². The molecule has 43 heavy (non-hydrogen) atoms. The van der Waals surface area contributed by atoms with Crippen LogP contribution >= 0.6 is 11.6 Å². The number of ketones is 1. The van der Waals surface area contributed by atoms with Gasteiger partial charge in [0.25, 0.3) is 5.91 Å². The summed E-state index contributed by atoms with van der Waals surface area (Å²) in [5.74, 6) is -1.52. The minimum absolute atomic E-state index is 0.210. The van der Waals surface area contributed by atoms with E-state index in [1.165, 1.54) is 89.7 Å². The summed E-state index contributed by atoms with van der Waals surface area (Å²) in [6, 6.07) is 8.65. The normalized spacial score (nSPS) is 11.5. The van der Waals surface area contributed by atoms with Crippen LogP contribution in [0.4, 0.5) is 11.4 Å². The summed E-state index contributed by atoms with van der Waals surface area (Å²) in [5.41, 5.74) is 2.47. The number of hydrogen-bond acceptors (Lipinski definition) is 6. The number of benzene rings is 2. The number of ether oxygens (including phenoxy) is 1. The number of hydrogen-bond donors (Lipinski definition) is 3. The number of unbranched alkanes of at least 4 members (excludes halogenated alkanes) is 13. The molecular formula is C35H50ClN3O4. The molecule has 0 heterocycles. The number of anilines is 2. The maximum Gasteiger partial charge on any atom is 0.338 e. The molecule has 0 radical (unpaired) electrons. The molecule has 0 spiro atoms. The van der Waals surface area contributed by atoms with Crippen LogP contribution in [0.1, 0.15) is 125 Å². The van der Waals surface area contributed by atoms with Gasteiger partial charge in [-0.1, -0.05) is 114 Å². The molecule has 1 amide bonds. The Morgan fingerprint density at radius 1 is 0.837 bits per heavy atom. The molecule has 0 aliphatic rings. The molecular weight excluding hydrogens is 562 g/mol. The van der Waals surface area contributed by atoms with Crippen molar-refractivity contribution in [2.24, 2.45) is 0 Å². The highest BCUT2D eigenvalue weighted by Crippen LogP contribution is 2.25. The van der Waals surface area contributed by atoms with Crippen LogP contribution < -0.4 is 10.6 Å². The van der Waals surface area contributed by atoms with Crippen LogP contribution in [-0.2, 0) is 14.3 Å². The van der Waals surface area contributed by atoms with E-state index in [0.29, 0.717) is 17.9 Å². The highest BCUT2D eigenvalue weighted by Gasteiger charge is 2.25. The summed E-state index contributed by atoms with van der Waals surface area (Å²) in [7, 11) is 0. The number of Topliss-reactive ketones (excluding diaryl/α,β-unsaturated/α-hetero) is 1. The topological polar surface area (TPSA) is 108 Å². The van der Waals surface area contributed by atoms with Crippen molar-refractivity contribution in [1.82, 2.24) is 0 Å². The third-order valence-electron chi connectivity index (χ3n) is 7.52. The lowest BCUT2D eigenvalue weighted by Gasteiger charge is -2.19. The Hall–Kier alpha value is -3.19. The first-order valence-corrected chi connectivity index (χ1v) is 16.3. The van der Waals surface area contributed by atoms with Gasteiger partial charge >= 0.3 is 5.97 Å². The quantitative estimate of drug-likeness (QED) is 0.0532. The third kappa shape index (κ3) is 13.8. The van der Waals surface area contributed by atoms with Crippen LogP contribution in [0.25, 0.3) is 0 Å². The molecule has 0 aliphatic heterocycles. The van der Waals surface area contributed by atoms with E-state index in [0.717, 1.165) is 31.0 Å². The van der Waals surface area contributed by atoms with Crippen molar-refractivity contribution in [3.05, 3.63) is 58.1 Å². The Kier molecular flexibility index (Phi) is 17.3. The van der Waals surface area contributed by atoms with Gasteiger partial charge in [0.1, 0.15) is 0 Å². The van der Waals surface area contributed by atoms with E-state index in [2.05, 4.69) is 17.6 Å². The van der Waals surface area contributed by atoms with Gasteiger partial charge < -0.3 is 20.8 Å². The molecule has 1 unspecified atom stereocenters. The molecule has 236 valence electrons. The highest BCUT2D eigenvalue weighted by atomic mass is 35.5. The number of nitrogens with one attached hydrogen (secondary N) is 3. The maximum atomic E-state index is 13.1. The van der Waals surface area contributed by atoms with Crippen LogP contribution in [-0.4, -0.2) is 36.5 Å². The fourth-order valence-electron chi connectivity index (χ4n) is 4.94. The number of halogens is 1. The molecule has 3 N–H and O–H groups in total. The number of aryl methyl sites for hydroxylation is 1. The van der Waals surface area contributed by atoms with Crippen molar-refractivity contribution in [1.29, 1.82) is 5.41 Å². The van der Waals surface area contributed by atoms with Crippen molar-refractivity contribution < 1.29 is 19.1 Å². The summed E-state index contributed by atoms with van der Waals surface area (Å²) in [4.78, 5) is 38.0. The molecule has 0 saturated heterocycles. The summed E-state index contributed by atoms with van der Waals surface area (Å²) >= 11 is 6.30. The first kappa shape index (κ1) is 36.0. The second kappa shape index (κ2) is 20.7. The van der Waals surface area contributed by atoms with Crippen LogP contribution in [0.2, 0.25) is 5.02 Å². The summed E-state index contributed by atoms with van der Waals surface area (Å²) < 4.78 is 5.45. The van der Waals surface area contributed by atoms with Crippen molar-refractivity contribution in [2.75, 3.05) is 17.2 Å². The standard InChI is InChI=1S/C35H50ClN3O4/c1-4-5-6-7-8-9-10-11-12-13-14-15-16-17-22-43-35(42)28-19-20-30(36)32(24-28)39-34(41)33(27(3)40)38-31-21-18-26(2)23-29(31)25-37/h18-21,23-25,33,37-38H,4-17,22H2,1-3H3,(H,39,41). The molecule has 2 aromatic carbocycles. The lowest BCUT2D eigenvalue weighted by atomic mass is 10.0. The van der Waals surface area contributed by atoms with Crippen molar-refractivity contribution in [2.45, 2.75) is 117 Å². The average Bonchev–Trinajstić information content (AvgIpc) is 2.99. The number of esters is 1. The van der Waals surface area contributed by atoms with Crippen LogP contribution in [0.3, 0.4) is 0 Å². The lowest BCUT2D eigenvalue weighted by Crippen LogP contribution is -2.40. The first-order chi connectivity index (χ1) is 20.8. The number of carbonyl (C=O) groups is 3. The van der Waals surface area contributed by atoms with Gasteiger partial charge in [0.15, 0.2) is 11.8 Å². The zero-order valence-corrected chi connectivity index (χ0v) is 27.0. The Morgan fingerprint density at radius 3 is 1.98 bits per heavy atom. The minimum Gasteiger partial charge on any atom is -0.462 e. The van der Waals surface area contributed by atoms with E-state index in [-0.39, 0.29) is 16.3 Å². The van der Waals surface area contributed by atoms with E-state index < -0.39 is 23.7 Å². The molecule has 7 nitrogen and oxygen atoms in total.